The quantitative estimate of drug-likeness (QED) is 0.416. The minimum absolute atomic E-state index is 0.0595. The topological polar surface area (TPSA) is 128 Å². The Morgan fingerprint density at radius 1 is 1.12 bits per heavy atom. The van der Waals surface area contributed by atoms with E-state index in [1.165, 1.54) is 11.8 Å². The molecule has 0 spiro atoms. The SMILES string of the molecule is COc1ccc(Cc2cccc(Nc3nc(N[C@@H]4CCCC[C@@H]4N)ncc3C(N)=O)c2)cc1. The Morgan fingerprint density at radius 3 is 2.64 bits per heavy atom. The van der Waals surface area contributed by atoms with Crippen LogP contribution in [0.4, 0.5) is 17.5 Å². The Kier molecular flexibility index (Phi) is 7.04. The minimum atomic E-state index is -0.590. The van der Waals surface area contributed by atoms with Crippen LogP contribution < -0.4 is 26.8 Å². The summed E-state index contributed by atoms with van der Waals surface area (Å²) in [6.07, 6.45) is 6.42. The van der Waals surface area contributed by atoms with Crippen LogP contribution in [0.1, 0.15) is 47.2 Å². The van der Waals surface area contributed by atoms with E-state index in [1.807, 2.05) is 42.5 Å². The third-order valence-corrected chi connectivity index (χ3v) is 5.95. The molecule has 1 aromatic heterocycles. The van der Waals surface area contributed by atoms with Gasteiger partial charge in [-0.25, -0.2) is 4.98 Å². The number of hydrogen-bond acceptors (Lipinski definition) is 7. The van der Waals surface area contributed by atoms with Crippen LogP contribution in [0.3, 0.4) is 0 Å². The van der Waals surface area contributed by atoms with Crippen molar-refractivity contribution < 1.29 is 9.53 Å². The fourth-order valence-corrected chi connectivity index (χ4v) is 4.11. The summed E-state index contributed by atoms with van der Waals surface area (Å²) in [6.45, 7) is 0. The van der Waals surface area contributed by atoms with E-state index < -0.39 is 5.91 Å². The van der Waals surface area contributed by atoms with Crippen LogP contribution in [0.25, 0.3) is 0 Å². The van der Waals surface area contributed by atoms with Crippen LogP contribution in [0.5, 0.6) is 5.75 Å². The molecule has 2 atom stereocenters. The van der Waals surface area contributed by atoms with Gasteiger partial charge in [0.1, 0.15) is 17.1 Å². The highest BCUT2D eigenvalue weighted by Gasteiger charge is 2.23. The van der Waals surface area contributed by atoms with Crippen LogP contribution in [0, 0.1) is 0 Å². The Bertz CT molecular complexity index is 1100. The van der Waals surface area contributed by atoms with Crippen LogP contribution >= 0.6 is 0 Å². The summed E-state index contributed by atoms with van der Waals surface area (Å²) >= 11 is 0. The maximum Gasteiger partial charge on any atom is 0.254 e. The highest BCUT2D eigenvalue weighted by Crippen LogP contribution is 2.24. The van der Waals surface area contributed by atoms with Gasteiger partial charge in [-0.15, -0.1) is 0 Å². The standard InChI is InChI=1S/C25H30N6O2/c1-33-19-11-9-16(10-12-19)13-17-5-4-6-18(14-17)29-24-20(23(27)32)15-28-25(31-24)30-22-8-3-2-7-21(22)26/h4-6,9-12,14-15,21-22H,2-3,7-8,13,26H2,1H3,(H2,27,32)(H2,28,29,30,31)/t21-,22+/m0/s1. The third-order valence-electron chi connectivity index (χ3n) is 5.95. The number of ether oxygens (including phenoxy) is 1. The first-order valence-electron chi connectivity index (χ1n) is 11.2. The average molecular weight is 447 g/mol. The van der Waals surface area contributed by atoms with Crippen LogP contribution in [-0.2, 0) is 6.42 Å². The summed E-state index contributed by atoms with van der Waals surface area (Å²) in [4.78, 5) is 20.8. The molecule has 2 aromatic carbocycles. The van der Waals surface area contributed by atoms with Crippen molar-refractivity contribution in [2.45, 2.75) is 44.2 Å². The molecule has 8 heteroatoms. The first-order valence-corrected chi connectivity index (χ1v) is 11.2. The van der Waals surface area contributed by atoms with Gasteiger partial charge in [0.05, 0.1) is 7.11 Å². The highest BCUT2D eigenvalue weighted by molar-refractivity contribution is 5.98. The third kappa shape index (κ3) is 5.78. The van der Waals surface area contributed by atoms with Crippen molar-refractivity contribution in [3.63, 3.8) is 0 Å². The molecule has 33 heavy (non-hydrogen) atoms. The van der Waals surface area contributed by atoms with E-state index in [0.29, 0.717) is 11.8 Å². The van der Waals surface area contributed by atoms with Gasteiger partial charge in [0, 0.05) is 24.0 Å². The van der Waals surface area contributed by atoms with E-state index in [-0.39, 0.29) is 17.6 Å². The second-order valence-corrected chi connectivity index (χ2v) is 8.37. The maximum absolute atomic E-state index is 12.0. The van der Waals surface area contributed by atoms with Gasteiger partial charge in [-0.2, -0.15) is 4.98 Å². The molecule has 0 saturated heterocycles. The van der Waals surface area contributed by atoms with Crippen molar-refractivity contribution in [2.24, 2.45) is 11.5 Å². The lowest BCUT2D eigenvalue weighted by atomic mass is 9.91. The molecule has 0 aliphatic heterocycles. The fraction of sp³-hybridized carbons (Fsp3) is 0.320. The first-order chi connectivity index (χ1) is 16.0. The number of hydrogen-bond donors (Lipinski definition) is 4. The maximum atomic E-state index is 12.0. The van der Waals surface area contributed by atoms with Crippen molar-refractivity contribution in [2.75, 3.05) is 17.7 Å². The van der Waals surface area contributed by atoms with E-state index >= 15 is 0 Å². The summed E-state index contributed by atoms with van der Waals surface area (Å²) in [7, 11) is 1.65. The lowest BCUT2D eigenvalue weighted by Gasteiger charge is -2.29. The van der Waals surface area contributed by atoms with Gasteiger partial charge in [-0.05, 0) is 54.7 Å². The van der Waals surface area contributed by atoms with Gasteiger partial charge in [0.25, 0.3) is 5.91 Å². The van der Waals surface area contributed by atoms with Crippen LogP contribution in [-0.4, -0.2) is 35.1 Å². The summed E-state index contributed by atoms with van der Waals surface area (Å²) in [5, 5.41) is 6.57. The monoisotopic (exact) mass is 446 g/mol. The molecule has 0 radical (unpaired) electrons. The lowest BCUT2D eigenvalue weighted by Crippen LogP contribution is -2.43. The number of nitrogens with zero attached hydrogens (tertiary/aromatic N) is 2. The lowest BCUT2D eigenvalue weighted by molar-refractivity contribution is 0.100. The summed E-state index contributed by atoms with van der Waals surface area (Å²) in [5.74, 6) is 1.04. The summed E-state index contributed by atoms with van der Waals surface area (Å²) < 4.78 is 5.23. The molecule has 4 rings (SSSR count). The summed E-state index contributed by atoms with van der Waals surface area (Å²) in [5.41, 5.74) is 15.1. The number of methoxy groups -OCH3 is 1. The Morgan fingerprint density at radius 2 is 1.91 bits per heavy atom. The van der Waals surface area contributed by atoms with Crippen molar-refractivity contribution in [1.82, 2.24) is 9.97 Å². The van der Waals surface area contributed by atoms with E-state index in [2.05, 4.69) is 26.7 Å². The fourth-order valence-electron chi connectivity index (χ4n) is 4.11. The number of primary amides is 1. The molecule has 3 aromatic rings. The molecule has 1 aliphatic carbocycles. The van der Waals surface area contributed by atoms with Gasteiger partial charge >= 0.3 is 0 Å². The zero-order valence-corrected chi connectivity index (χ0v) is 18.8. The number of carbonyl (C=O) groups excluding carboxylic acids is 1. The van der Waals surface area contributed by atoms with Crippen LogP contribution in [0.15, 0.2) is 54.7 Å². The largest absolute Gasteiger partial charge is 0.497 e. The van der Waals surface area contributed by atoms with Gasteiger partial charge < -0.3 is 26.8 Å². The molecule has 1 fully saturated rings. The number of rotatable bonds is 8. The van der Waals surface area contributed by atoms with Gasteiger partial charge in [-0.1, -0.05) is 37.1 Å². The van der Waals surface area contributed by atoms with Gasteiger partial charge in [0.2, 0.25) is 5.95 Å². The Balaban J connectivity index is 1.53. The molecular weight excluding hydrogens is 416 g/mol. The number of aromatic nitrogens is 2. The number of nitrogens with one attached hydrogen (secondary N) is 2. The van der Waals surface area contributed by atoms with Gasteiger partial charge in [-0.3, -0.25) is 4.79 Å². The van der Waals surface area contributed by atoms with Crippen molar-refractivity contribution in [3.8, 4) is 5.75 Å². The number of carbonyl (C=O) groups is 1. The number of anilines is 3. The van der Waals surface area contributed by atoms with E-state index in [1.54, 1.807) is 7.11 Å². The molecule has 172 valence electrons. The molecule has 1 aliphatic rings. The minimum Gasteiger partial charge on any atom is -0.497 e. The molecule has 6 N–H and O–H groups in total. The van der Waals surface area contributed by atoms with Gasteiger partial charge in [0.15, 0.2) is 0 Å². The molecule has 1 amide bonds. The molecular formula is C25H30N6O2. The second kappa shape index (κ2) is 10.3. The predicted octanol–water partition coefficient (Wildman–Crippen LogP) is 3.60. The zero-order chi connectivity index (χ0) is 23.2. The normalized spacial score (nSPS) is 17.9. The van der Waals surface area contributed by atoms with E-state index in [0.717, 1.165) is 49.1 Å². The molecule has 1 heterocycles. The smallest absolute Gasteiger partial charge is 0.254 e. The number of nitrogens with two attached hydrogens (primary N) is 2. The van der Waals surface area contributed by atoms with E-state index in [9.17, 15) is 4.79 Å². The van der Waals surface area contributed by atoms with Crippen molar-refractivity contribution >= 4 is 23.4 Å². The first kappa shape index (κ1) is 22.5. The van der Waals surface area contributed by atoms with Crippen molar-refractivity contribution in [3.05, 3.63) is 71.4 Å². The predicted molar refractivity (Wildman–Crippen MR) is 130 cm³/mol. The highest BCUT2D eigenvalue weighted by atomic mass is 16.5. The summed E-state index contributed by atoms with van der Waals surface area (Å²) in [6, 6.07) is 16.1. The molecule has 1 saturated carbocycles. The van der Waals surface area contributed by atoms with Crippen molar-refractivity contribution in [1.29, 1.82) is 0 Å². The van der Waals surface area contributed by atoms with E-state index in [4.69, 9.17) is 16.2 Å². The molecule has 0 bridgehead atoms. The number of benzene rings is 2. The molecule has 0 unspecified atom stereocenters. The molecule has 8 nitrogen and oxygen atoms in total. The Labute approximate surface area is 193 Å². The average Bonchev–Trinajstić information content (AvgIpc) is 2.81. The second-order valence-electron chi connectivity index (χ2n) is 8.37. The zero-order valence-electron chi connectivity index (χ0n) is 18.8. The van der Waals surface area contributed by atoms with Crippen LogP contribution in [0.2, 0.25) is 0 Å². The number of amides is 1. The Hall–Kier alpha value is -3.65.